The molecule has 8 nitrogen and oxygen atoms in total. The van der Waals surface area contributed by atoms with Crippen LogP contribution in [-0.4, -0.2) is 50.5 Å². The molecule has 0 heterocycles. The van der Waals surface area contributed by atoms with E-state index in [-0.39, 0.29) is 5.41 Å². The number of rotatable bonds is 16. The van der Waals surface area contributed by atoms with Crippen LogP contribution >= 0.6 is 0 Å². The average Bonchev–Trinajstić information content (AvgIpc) is 2.63. The van der Waals surface area contributed by atoms with Gasteiger partial charge in [0.05, 0.1) is 26.2 Å². The maximum Gasteiger partial charge on any atom is 0.234 e. The highest BCUT2D eigenvalue weighted by Crippen LogP contribution is 2.39. The van der Waals surface area contributed by atoms with Gasteiger partial charge in [0, 0.05) is 0 Å². The van der Waals surface area contributed by atoms with Crippen molar-refractivity contribution >= 4 is 24.3 Å². The van der Waals surface area contributed by atoms with Gasteiger partial charge in [0.25, 0.3) is 0 Å². The van der Waals surface area contributed by atoms with Crippen molar-refractivity contribution in [3.63, 3.8) is 0 Å². The van der Waals surface area contributed by atoms with E-state index in [0.29, 0.717) is 26.2 Å². The summed E-state index contributed by atoms with van der Waals surface area (Å²) >= 11 is 0. The van der Waals surface area contributed by atoms with Crippen LogP contribution in [0.1, 0.15) is 51.4 Å². The molecule has 0 unspecified atom stereocenters. The molecule has 136 valence electrons. The van der Waals surface area contributed by atoms with Crippen molar-refractivity contribution in [1.29, 1.82) is 0 Å². The van der Waals surface area contributed by atoms with Crippen LogP contribution in [0.25, 0.3) is 0 Å². The zero-order chi connectivity index (χ0) is 18.6. The monoisotopic (exact) mass is 348 g/mol. The Labute approximate surface area is 147 Å². The number of nitrogens with zero attached hydrogens (tertiary/aromatic N) is 4. The Morgan fingerprint density at radius 1 is 0.480 bits per heavy atom. The largest absolute Gasteiger partial charge is 0.234 e. The van der Waals surface area contributed by atoms with Crippen LogP contribution < -0.4 is 0 Å². The van der Waals surface area contributed by atoms with Crippen LogP contribution in [0.5, 0.6) is 0 Å². The van der Waals surface area contributed by atoms with E-state index in [2.05, 4.69) is 20.0 Å². The second-order valence-corrected chi connectivity index (χ2v) is 5.81. The van der Waals surface area contributed by atoms with E-state index < -0.39 is 0 Å². The lowest BCUT2D eigenvalue weighted by molar-refractivity contribution is 0.184. The molecule has 8 heteroatoms. The van der Waals surface area contributed by atoms with Gasteiger partial charge >= 0.3 is 0 Å². The summed E-state index contributed by atoms with van der Waals surface area (Å²) in [7, 11) is 0. The first-order chi connectivity index (χ1) is 12.2. The van der Waals surface area contributed by atoms with Crippen molar-refractivity contribution in [3.05, 3.63) is 0 Å². The molecular weight excluding hydrogens is 324 g/mol. The molecule has 0 aromatic heterocycles. The van der Waals surface area contributed by atoms with Crippen LogP contribution in [0.3, 0.4) is 0 Å². The molecular formula is C17H24N4O4. The van der Waals surface area contributed by atoms with Crippen molar-refractivity contribution in [2.45, 2.75) is 51.4 Å². The van der Waals surface area contributed by atoms with E-state index >= 15 is 0 Å². The number of hydrogen-bond acceptors (Lipinski definition) is 8. The summed E-state index contributed by atoms with van der Waals surface area (Å²) in [6.07, 6.45) is 12.4. The molecule has 0 amide bonds. The second-order valence-electron chi connectivity index (χ2n) is 5.81. The van der Waals surface area contributed by atoms with Crippen molar-refractivity contribution in [2.75, 3.05) is 26.2 Å². The highest BCUT2D eigenvalue weighted by Gasteiger charge is 2.28. The van der Waals surface area contributed by atoms with Crippen LogP contribution in [0, 0.1) is 5.41 Å². The minimum absolute atomic E-state index is 0.0619. The lowest BCUT2D eigenvalue weighted by atomic mass is 9.72. The molecule has 0 aromatic carbocycles. The molecule has 0 N–H and O–H groups in total. The highest BCUT2D eigenvalue weighted by atomic mass is 16.1. The van der Waals surface area contributed by atoms with Crippen LogP contribution in [0.4, 0.5) is 0 Å². The average molecular weight is 348 g/mol. The molecule has 0 aliphatic rings. The van der Waals surface area contributed by atoms with Gasteiger partial charge in [-0.3, -0.25) is 0 Å². The topological polar surface area (TPSA) is 118 Å². The number of carbonyl (C=O) groups excluding carboxylic acids is 4. The summed E-state index contributed by atoms with van der Waals surface area (Å²) in [5, 5.41) is 0. The van der Waals surface area contributed by atoms with Crippen molar-refractivity contribution in [2.24, 2.45) is 25.4 Å². The first-order valence-electron chi connectivity index (χ1n) is 8.39. The first-order valence-corrected chi connectivity index (χ1v) is 8.39. The summed E-state index contributed by atoms with van der Waals surface area (Å²) < 4.78 is 0. The maximum atomic E-state index is 10.2. The first kappa shape index (κ1) is 22.5. The van der Waals surface area contributed by atoms with E-state index in [1.165, 1.54) is 24.3 Å². The molecule has 25 heavy (non-hydrogen) atoms. The van der Waals surface area contributed by atoms with E-state index in [1.807, 2.05) is 0 Å². The molecule has 0 atom stereocenters. The summed E-state index contributed by atoms with van der Waals surface area (Å²) in [5.74, 6) is 0. The SMILES string of the molecule is O=C=NCCCC(CCCN=C=O)(CCCN=C=O)CCCN=C=O. The summed E-state index contributed by atoms with van der Waals surface area (Å²) in [6, 6.07) is 0. The fourth-order valence-electron chi connectivity index (χ4n) is 3.07. The minimum atomic E-state index is -0.0619. The van der Waals surface area contributed by atoms with Gasteiger partial charge < -0.3 is 0 Å². The van der Waals surface area contributed by atoms with Gasteiger partial charge in [-0.15, -0.1) is 0 Å². The van der Waals surface area contributed by atoms with Gasteiger partial charge in [-0.05, 0) is 56.8 Å². The van der Waals surface area contributed by atoms with Gasteiger partial charge in [0.1, 0.15) is 0 Å². The predicted octanol–water partition coefficient (Wildman–Crippen LogP) is 2.44. The number of isocyanates is 4. The van der Waals surface area contributed by atoms with Crippen molar-refractivity contribution < 1.29 is 19.2 Å². The molecule has 0 rings (SSSR count). The van der Waals surface area contributed by atoms with Crippen molar-refractivity contribution in [1.82, 2.24) is 0 Å². The summed E-state index contributed by atoms with van der Waals surface area (Å²) in [6.45, 7) is 1.65. The van der Waals surface area contributed by atoms with Gasteiger partial charge in [-0.1, -0.05) is 0 Å². The molecule has 0 aromatic rings. The van der Waals surface area contributed by atoms with E-state index in [9.17, 15) is 19.2 Å². The Morgan fingerprint density at radius 3 is 0.920 bits per heavy atom. The van der Waals surface area contributed by atoms with Crippen LogP contribution in [0.15, 0.2) is 20.0 Å². The fourth-order valence-corrected chi connectivity index (χ4v) is 3.07. The highest BCUT2D eigenvalue weighted by molar-refractivity contribution is 5.33. The third kappa shape index (κ3) is 12.6. The Balaban J connectivity index is 4.94. The molecule has 0 bridgehead atoms. The predicted molar refractivity (Wildman–Crippen MR) is 91.3 cm³/mol. The minimum Gasteiger partial charge on any atom is -0.211 e. The molecule has 0 fully saturated rings. The Kier molecular flexibility index (Phi) is 14.8. The summed E-state index contributed by atoms with van der Waals surface area (Å²) in [4.78, 5) is 55.2. The van der Waals surface area contributed by atoms with E-state index in [1.54, 1.807) is 0 Å². The maximum absolute atomic E-state index is 10.2. The quantitative estimate of drug-likeness (QED) is 0.242. The smallest absolute Gasteiger partial charge is 0.211 e. The number of aliphatic imine (C=N–C) groups is 4. The van der Waals surface area contributed by atoms with Gasteiger partial charge in [-0.25, -0.2) is 39.1 Å². The molecule has 0 aliphatic carbocycles. The molecule has 0 saturated heterocycles. The van der Waals surface area contributed by atoms with Gasteiger partial charge in [0.2, 0.25) is 24.3 Å². The van der Waals surface area contributed by atoms with Crippen LogP contribution in [0.2, 0.25) is 0 Å². The molecule has 0 spiro atoms. The molecule has 0 radical (unpaired) electrons. The normalized spacial score (nSPS) is 11.8. The second kappa shape index (κ2) is 16.4. The van der Waals surface area contributed by atoms with Crippen LogP contribution in [-0.2, 0) is 19.2 Å². The standard InChI is InChI=1S/C17H24N4O4/c22-13-18-9-1-5-17(6-2-10-19-14-23,7-3-11-20-15-24)8-4-12-21-16-25/h1-12H2. The Morgan fingerprint density at radius 2 is 0.720 bits per heavy atom. The molecule has 0 aliphatic heterocycles. The lowest BCUT2D eigenvalue weighted by Gasteiger charge is -2.34. The van der Waals surface area contributed by atoms with Gasteiger partial charge in [-0.2, -0.15) is 0 Å². The van der Waals surface area contributed by atoms with Crippen molar-refractivity contribution in [3.8, 4) is 0 Å². The molecule has 0 saturated carbocycles. The summed E-state index contributed by atoms with van der Waals surface area (Å²) in [5.41, 5.74) is -0.0619. The van der Waals surface area contributed by atoms with Gasteiger partial charge in [0.15, 0.2) is 0 Å². The third-order valence-corrected chi connectivity index (χ3v) is 4.17. The Bertz CT molecular complexity index is 451. The number of hydrogen-bond donors (Lipinski definition) is 0. The third-order valence-electron chi connectivity index (χ3n) is 4.17. The Hall–Kier alpha value is -2.48. The zero-order valence-electron chi connectivity index (χ0n) is 14.4. The zero-order valence-corrected chi connectivity index (χ0v) is 14.4. The fraction of sp³-hybridized carbons (Fsp3) is 0.765. The van der Waals surface area contributed by atoms with E-state index in [0.717, 1.165) is 51.4 Å². The lowest BCUT2D eigenvalue weighted by Crippen LogP contribution is -2.23. The van der Waals surface area contributed by atoms with E-state index in [4.69, 9.17) is 0 Å².